The van der Waals surface area contributed by atoms with Crippen LogP contribution < -0.4 is 10.9 Å². The van der Waals surface area contributed by atoms with Crippen LogP contribution in [0.4, 0.5) is 0 Å². The van der Waals surface area contributed by atoms with Crippen LogP contribution in [-0.4, -0.2) is 22.0 Å². The summed E-state index contributed by atoms with van der Waals surface area (Å²) in [6.45, 7) is 4.97. The van der Waals surface area contributed by atoms with Crippen LogP contribution in [0.15, 0.2) is 47.3 Å². The van der Waals surface area contributed by atoms with Crippen LogP contribution in [0.25, 0.3) is 10.9 Å². The van der Waals surface area contributed by atoms with Gasteiger partial charge in [-0.2, -0.15) is 0 Å². The number of benzene rings is 2. The molecule has 3 aromatic rings. The highest BCUT2D eigenvalue weighted by molar-refractivity contribution is 7.71. The van der Waals surface area contributed by atoms with E-state index in [4.69, 9.17) is 12.2 Å². The number of rotatable bonds is 5. The van der Waals surface area contributed by atoms with E-state index in [0.717, 1.165) is 6.42 Å². The standard InChI is InChI=1S/C20H21N3O2S/c1-3-23-19(25)16-8-7-15(12-17(16)22-20(23)26)18(24)21-10-9-14-6-4-5-13(2)11-14/h4-8,11-12H,3,9-10H2,1-2H3,(H,21,24)(H,22,26). The smallest absolute Gasteiger partial charge is 0.262 e. The molecule has 0 radical (unpaired) electrons. The van der Waals surface area contributed by atoms with Crippen LogP contribution in [0.1, 0.15) is 28.4 Å². The van der Waals surface area contributed by atoms with Gasteiger partial charge >= 0.3 is 0 Å². The first-order valence-corrected chi connectivity index (χ1v) is 9.01. The minimum absolute atomic E-state index is 0.141. The zero-order valence-electron chi connectivity index (χ0n) is 14.8. The van der Waals surface area contributed by atoms with Gasteiger partial charge in [0, 0.05) is 18.7 Å². The molecule has 6 heteroatoms. The van der Waals surface area contributed by atoms with Crippen molar-refractivity contribution in [1.82, 2.24) is 14.9 Å². The van der Waals surface area contributed by atoms with Crippen LogP contribution in [-0.2, 0) is 13.0 Å². The largest absolute Gasteiger partial charge is 0.352 e. The van der Waals surface area contributed by atoms with E-state index in [1.807, 2.05) is 32.0 Å². The highest BCUT2D eigenvalue weighted by Gasteiger charge is 2.09. The van der Waals surface area contributed by atoms with Gasteiger partial charge in [-0.3, -0.25) is 14.2 Å². The average molecular weight is 367 g/mol. The van der Waals surface area contributed by atoms with Crippen molar-refractivity contribution in [2.75, 3.05) is 6.54 Å². The molecule has 134 valence electrons. The minimum atomic E-state index is -0.168. The van der Waals surface area contributed by atoms with Crippen molar-refractivity contribution in [3.8, 4) is 0 Å². The van der Waals surface area contributed by atoms with Crippen molar-refractivity contribution < 1.29 is 4.79 Å². The van der Waals surface area contributed by atoms with Crippen LogP contribution in [0, 0.1) is 11.7 Å². The third kappa shape index (κ3) is 3.75. The van der Waals surface area contributed by atoms with Crippen LogP contribution >= 0.6 is 12.2 Å². The van der Waals surface area contributed by atoms with Gasteiger partial charge in [0.15, 0.2) is 4.77 Å². The third-order valence-electron chi connectivity index (χ3n) is 4.34. The maximum atomic E-state index is 12.4. The molecule has 0 saturated heterocycles. The third-order valence-corrected chi connectivity index (χ3v) is 4.66. The molecule has 1 amide bonds. The number of nitrogens with one attached hydrogen (secondary N) is 2. The number of hydrogen-bond acceptors (Lipinski definition) is 3. The van der Waals surface area contributed by atoms with Gasteiger partial charge in [-0.05, 0) is 56.2 Å². The molecule has 1 aromatic heterocycles. The molecule has 0 spiro atoms. The number of carbonyl (C=O) groups excluding carboxylic acids is 1. The monoisotopic (exact) mass is 367 g/mol. The molecule has 0 bridgehead atoms. The molecule has 26 heavy (non-hydrogen) atoms. The zero-order chi connectivity index (χ0) is 18.7. The number of aromatic nitrogens is 2. The summed E-state index contributed by atoms with van der Waals surface area (Å²) in [6.07, 6.45) is 0.768. The van der Waals surface area contributed by atoms with Gasteiger partial charge in [-0.1, -0.05) is 29.8 Å². The van der Waals surface area contributed by atoms with Gasteiger partial charge in [0.1, 0.15) is 0 Å². The number of hydrogen-bond donors (Lipinski definition) is 2. The summed E-state index contributed by atoms with van der Waals surface area (Å²) >= 11 is 5.22. The lowest BCUT2D eigenvalue weighted by Gasteiger charge is -2.08. The maximum absolute atomic E-state index is 12.4. The van der Waals surface area contributed by atoms with Crippen molar-refractivity contribution >= 4 is 29.0 Å². The summed E-state index contributed by atoms with van der Waals surface area (Å²) in [6, 6.07) is 13.2. The lowest BCUT2D eigenvalue weighted by Crippen LogP contribution is -2.26. The number of aryl methyl sites for hydroxylation is 1. The van der Waals surface area contributed by atoms with Gasteiger partial charge in [0.2, 0.25) is 0 Å². The molecule has 3 rings (SSSR count). The first-order valence-electron chi connectivity index (χ1n) is 8.60. The van der Waals surface area contributed by atoms with Crippen molar-refractivity contribution in [3.05, 3.63) is 74.3 Å². The molecular formula is C20H21N3O2S. The second-order valence-corrected chi connectivity index (χ2v) is 6.62. The Morgan fingerprint density at radius 2 is 2.04 bits per heavy atom. The van der Waals surface area contributed by atoms with Crippen molar-refractivity contribution in [1.29, 1.82) is 0 Å². The normalized spacial score (nSPS) is 10.8. The summed E-state index contributed by atoms with van der Waals surface area (Å²) in [7, 11) is 0. The Labute approximate surface area is 156 Å². The highest BCUT2D eigenvalue weighted by Crippen LogP contribution is 2.11. The number of amides is 1. The Hall–Kier alpha value is -2.73. The predicted octanol–water partition coefficient (Wildman–Crippen LogP) is 3.36. The molecule has 2 aromatic carbocycles. The number of aromatic amines is 1. The van der Waals surface area contributed by atoms with Gasteiger partial charge < -0.3 is 10.3 Å². The Kier molecular flexibility index (Phi) is 5.32. The van der Waals surface area contributed by atoms with E-state index >= 15 is 0 Å². The van der Waals surface area contributed by atoms with E-state index in [0.29, 0.717) is 34.3 Å². The zero-order valence-corrected chi connectivity index (χ0v) is 15.7. The van der Waals surface area contributed by atoms with Crippen LogP contribution in [0.5, 0.6) is 0 Å². The van der Waals surface area contributed by atoms with Gasteiger partial charge in [0.25, 0.3) is 11.5 Å². The summed E-state index contributed by atoms with van der Waals surface area (Å²) in [4.78, 5) is 27.8. The van der Waals surface area contributed by atoms with Crippen molar-refractivity contribution in [3.63, 3.8) is 0 Å². The Bertz CT molecular complexity index is 1080. The van der Waals surface area contributed by atoms with E-state index in [1.165, 1.54) is 15.7 Å². The Balaban J connectivity index is 1.76. The van der Waals surface area contributed by atoms with Crippen LogP contribution in [0.2, 0.25) is 0 Å². The fraction of sp³-hybridized carbons (Fsp3) is 0.250. The fourth-order valence-corrected chi connectivity index (χ4v) is 3.29. The van der Waals surface area contributed by atoms with Gasteiger partial charge in [-0.15, -0.1) is 0 Å². The molecule has 0 saturated carbocycles. The van der Waals surface area contributed by atoms with Crippen molar-refractivity contribution in [2.24, 2.45) is 0 Å². The topological polar surface area (TPSA) is 66.9 Å². The Morgan fingerprint density at radius 1 is 1.23 bits per heavy atom. The molecule has 0 unspecified atom stereocenters. The van der Waals surface area contributed by atoms with Crippen molar-refractivity contribution in [2.45, 2.75) is 26.8 Å². The summed E-state index contributed by atoms with van der Waals surface area (Å²) in [5.41, 5.74) is 3.33. The lowest BCUT2D eigenvalue weighted by molar-refractivity contribution is 0.0954. The first kappa shape index (κ1) is 18.1. The molecule has 5 nitrogen and oxygen atoms in total. The lowest BCUT2D eigenvalue weighted by atomic mass is 10.1. The molecule has 0 atom stereocenters. The minimum Gasteiger partial charge on any atom is -0.352 e. The van der Waals surface area contributed by atoms with Gasteiger partial charge in [-0.25, -0.2) is 0 Å². The SMILES string of the molecule is CCn1c(=S)[nH]c2cc(C(=O)NCCc3cccc(C)c3)ccc2c1=O. The van der Waals surface area contributed by atoms with Crippen LogP contribution in [0.3, 0.4) is 0 Å². The summed E-state index contributed by atoms with van der Waals surface area (Å²) < 4.78 is 1.86. The number of nitrogens with zero attached hydrogens (tertiary/aromatic N) is 1. The maximum Gasteiger partial charge on any atom is 0.262 e. The van der Waals surface area contributed by atoms with E-state index in [2.05, 4.69) is 16.4 Å². The van der Waals surface area contributed by atoms with E-state index < -0.39 is 0 Å². The molecule has 0 aliphatic carbocycles. The molecule has 2 N–H and O–H groups in total. The number of carbonyl (C=O) groups is 1. The molecule has 0 aliphatic rings. The first-order chi connectivity index (χ1) is 12.5. The summed E-state index contributed by atoms with van der Waals surface area (Å²) in [5, 5.41) is 3.45. The quantitative estimate of drug-likeness (QED) is 0.680. The summed E-state index contributed by atoms with van der Waals surface area (Å²) in [5.74, 6) is -0.168. The Morgan fingerprint density at radius 3 is 2.77 bits per heavy atom. The highest BCUT2D eigenvalue weighted by atomic mass is 32.1. The molecule has 1 heterocycles. The number of H-pyrrole nitrogens is 1. The van der Waals surface area contributed by atoms with E-state index in [9.17, 15) is 9.59 Å². The molecule has 0 fully saturated rings. The number of fused-ring (bicyclic) bond motifs is 1. The fourth-order valence-electron chi connectivity index (χ4n) is 2.97. The average Bonchev–Trinajstić information content (AvgIpc) is 2.61. The van der Waals surface area contributed by atoms with Gasteiger partial charge in [0.05, 0.1) is 10.9 Å². The predicted molar refractivity (Wildman–Crippen MR) is 106 cm³/mol. The molecular weight excluding hydrogens is 346 g/mol. The second-order valence-electron chi connectivity index (χ2n) is 6.23. The van der Waals surface area contributed by atoms with E-state index in [-0.39, 0.29) is 11.5 Å². The van der Waals surface area contributed by atoms with E-state index in [1.54, 1.807) is 18.2 Å². The second kappa shape index (κ2) is 7.66. The molecule has 0 aliphatic heterocycles.